The zero-order chi connectivity index (χ0) is 18.4. The molecule has 0 spiro atoms. The molecule has 134 valence electrons. The predicted octanol–water partition coefficient (Wildman–Crippen LogP) is 2.64. The number of aromatic nitrogens is 2. The number of nitrogens with zero attached hydrogens (tertiary/aromatic N) is 2. The fourth-order valence-corrected chi connectivity index (χ4v) is 2.62. The molecular formula is C20H21N3O3. The van der Waals surface area contributed by atoms with Gasteiger partial charge in [-0.3, -0.25) is 9.59 Å². The Morgan fingerprint density at radius 1 is 1.15 bits per heavy atom. The highest BCUT2D eigenvalue weighted by Crippen LogP contribution is 2.06. The average molecular weight is 351 g/mol. The molecule has 6 heteroatoms. The van der Waals surface area contributed by atoms with Crippen LogP contribution in [0.2, 0.25) is 0 Å². The Morgan fingerprint density at radius 2 is 1.96 bits per heavy atom. The number of benzene rings is 1. The minimum absolute atomic E-state index is 0.0381. The highest BCUT2D eigenvalue weighted by atomic mass is 16.3. The molecule has 1 atom stereocenters. The van der Waals surface area contributed by atoms with Gasteiger partial charge in [0.2, 0.25) is 0 Å². The molecule has 2 aromatic heterocycles. The molecule has 0 aliphatic heterocycles. The Balaban J connectivity index is 1.63. The van der Waals surface area contributed by atoms with Crippen LogP contribution >= 0.6 is 0 Å². The summed E-state index contributed by atoms with van der Waals surface area (Å²) in [5.41, 5.74) is 0.938. The van der Waals surface area contributed by atoms with E-state index in [0.29, 0.717) is 6.54 Å². The molecule has 0 fully saturated rings. The minimum atomic E-state index is -0.293. The van der Waals surface area contributed by atoms with Gasteiger partial charge in [0.1, 0.15) is 11.5 Å². The summed E-state index contributed by atoms with van der Waals surface area (Å²) in [4.78, 5) is 24.4. The zero-order valence-electron chi connectivity index (χ0n) is 14.6. The van der Waals surface area contributed by atoms with Gasteiger partial charge in [0, 0.05) is 18.5 Å². The number of amides is 1. The number of carbonyl (C=O) groups excluding carboxylic acids is 1. The van der Waals surface area contributed by atoms with Crippen LogP contribution < -0.4 is 10.9 Å². The second-order valence-electron chi connectivity index (χ2n) is 6.19. The van der Waals surface area contributed by atoms with E-state index in [0.717, 1.165) is 24.2 Å². The van der Waals surface area contributed by atoms with Crippen molar-refractivity contribution in [3.63, 3.8) is 0 Å². The maximum Gasteiger partial charge on any atom is 0.271 e. The smallest absolute Gasteiger partial charge is 0.271 e. The Morgan fingerprint density at radius 3 is 2.69 bits per heavy atom. The molecule has 3 rings (SSSR count). The third-order valence-electron chi connectivity index (χ3n) is 4.06. The van der Waals surface area contributed by atoms with Gasteiger partial charge in [-0.15, -0.1) is 0 Å². The Kier molecular flexibility index (Phi) is 5.63. The summed E-state index contributed by atoms with van der Waals surface area (Å²) in [5.74, 6) is 0.597. The third-order valence-corrected chi connectivity index (χ3v) is 4.06. The van der Waals surface area contributed by atoms with Crippen LogP contribution in [0.15, 0.2) is 70.1 Å². The van der Waals surface area contributed by atoms with Crippen molar-refractivity contribution in [3.05, 3.63) is 88.2 Å². The number of aryl methyl sites for hydroxylation is 1. The summed E-state index contributed by atoms with van der Waals surface area (Å²) in [6.07, 6.45) is 3.14. The second-order valence-corrected chi connectivity index (χ2v) is 6.19. The monoisotopic (exact) mass is 351 g/mol. The Bertz CT molecular complexity index is 902. The van der Waals surface area contributed by atoms with Crippen molar-refractivity contribution in [3.8, 4) is 0 Å². The minimum Gasteiger partial charge on any atom is -0.469 e. The highest BCUT2D eigenvalue weighted by Gasteiger charge is 2.13. The van der Waals surface area contributed by atoms with Crippen LogP contribution in [-0.4, -0.2) is 21.7 Å². The van der Waals surface area contributed by atoms with Gasteiger partial charge in [0.25, 0.3) is 11.5 Å². The van der Waals surface area contributed by atoms with Crippen LogP contribution in [0.4, 0.5) is 0 Å². The van der Waals surface area contributed by atoms with E-state index in [1.165, 1.54) is 16.8 Å². The summed E-state index contributed by atoms with van der Waals surface area (Å²) in [7, 11) is 0. The van der Waals surface area contributed by atoms with E-state index < -0.39 is 0 Å². The van der Waals surface area contributed by atoms with E-state index in [9.17, 15) is 9.59 Å². The molecule has 0 bridgehead atoms. The van der Waals surface area contributed by atoms with Crippen molar-refractivity contribution in [2.75, 3.05) is 0 Å². The highest BCUT2D eigenvalue weighted by molar-refractivity contribution is 5.92. The first-order valence-electron chi connectivity index (χ1n) is 8.57. The van der Waals surface area contributed by atoms with E-state index in [1.54, 1.807) is 6.26 Å². The van der Waals surface area contributed by atoms with Crippen LogP contribution in [0.1, 0.15) is 35.2 Å². The van der Waals surface area contributed by atoms with E-state index in [2.05, 4.69) is 10.4 Å². The first kappa shape index (κ1) is 17.7. The maximum absolute atomic E-state index is 12.4. The van der Waals surface area contributed by atoms with Crippen LogP contribution in [0.3, 0.4) is 0 Å². The van der Waals surface area contributed by atoms with Crippen LogP contribution in [-0.2, 0) is 13.0 Å². The lowest BCUT2D eigenvalue weighted by atomic mass is 10.1. The topological polar surface area (TPSA) is 77.1 Å². The lowest BCUT2D eigenvalue weighted by Crippen LogP contribution is -2.35. The van der Waals surface area contributed by atoms with Crippen molar-refractivity contribution in [1.82, 2.24) is 15.1 Å². The standard InChI is InChI=1S/C20H21N3O3/c1-15(9-10-17-8-5-13-26-17)21-20(25)18-11-12-19(24)23(22-18)14-16-6-3-2-4-7-16/h2-8,11-13,15H,9-10,14H2,1H3,(H,21,25). The zero-order valence-corrected chi connectivity index (χ0v) is 14.6. The first-order valence-corrected chi connectivity index (χ1v) is 8.57. The van der Waals surface area contributed by atoms with Gasteiger partial charge in [0.15, 0.2) is 0 Å². The van der Waals surface area contributed by atoms with E-state index >= 15 is 0 Å². The van der Waals surface area contributed by atoms with Gasteiger partial charge in [-0.25, -0.2) is 4.68 Å². The molecule has 1 unspecified atom stereocenters. The molecule has 2 heterocycles. The normalized spacial score (nSPS) is 11.9. The number of hydrogen-bond acceptors (Lipinski definition) is 4. The van der Waals surface area contributed by atoms with Crippen molar-refractivity contribution in [1.29, 1.82) is 0 Å². The van der Waals surface area contributed by atoms with Gasteiger partial charge in [-0.1, -0.05) is 30.3 Å². The summed E-state index contributed by atoms with van der Waals surface area (Å²) in [6, 6.07) is 16.1. The lowest BCUT2D eigenvalue weighted by molar-refractivity contribution is 0.0930. The third kappa shape index (κ3) is 4.69. The van der Waals surface area contributed by atoms with Crippen molar-refractivity contribution >= 4 is 5.91 Å². The van der Waals surface area contributed by atoms with Crippen molar-refractivity contribution < 1.29 is 9.21 Å². The second kappa shape index (κ2) is 8.29. The van der Waals surface area contributed by atoms with Crippen LogP contribution in [0.5, 0.6) is 0 Å². The molecular weight excluding hydrogens is 330 g/mol. The van der Waals surface area contributed by atoms with Crippen LogP contribution in [0, 0.1) is 0 Å². The molecule has 1 aromatic carbocycles. The summed E-state index contributed by atoms with van der Waals surface area (Å²) >= 11 is 0. The summed E-state index contributed by atoms with van der Waals surface area (Å²) < 4.78 is 6.60. The Labute approximate surface area is 151 Å². The Hall–Kier alpha value is -3.15. The predicted molar refractivity (Wildman–Crippen MR) is 98.0 cm³/mol. The quantitative estimate of drug-likeness (QED) is 0.710. The molecule has 0 aliphatic carbocycles. The number of carbonyl (C=O) groups is 1. The molecule has 0 aliphatic rings. The number of rotatable bonds is 7. The number of nitrogens with one attached hydrogen (secondary N) is 1. The maximum atomic E-state index is 12.4. The first-order chi connectivity index (χ1) is 12.6. The summed E-state index contributed by atoms with van der Waals surface area (Å²) in [5, 5.41) is 7.11. The average Bonchev–Trinajstić information content (AvgIpc) is 3.16. The van der Waals surface area contributed by atoms with Gasteiger partial charge >= 0.3 is 0 Å². The molecule has 0 radical (unpaired) electrons. The van der Waals surface area contributed by atoms with Crippen molar-refractivity contribution in [2.24, 2.45) is 0 Å². The number of furan rings is 1. The lowest BCUT2D eigenvalue weighted by Gasteiger charge is -2.13. The molecule has 0 saturated heterocycles. The van der Waals surface area contributed by atoms with Gasteiger partial charge in [-0.05, 0) is 37.1 Å². The van der Waals surface area contributed by atoms with Crippen molar-refractivity contribution in [2.45, 2.75) is 32.4 Å². The fourth-order valence-electron chi connectivity index (χ4n) is 2.62. The summed E-state index contributed by atoms with van der Waals surface area (Å²) in [6.45, 7) is 2.26. The van der Waals surface area contributed by atoms with E-state index in [-0.39, 0.29) is 23.2 Å². The molecule has 1 amide bonds. The molecule has 26 heavy (non-hydrogen) atoms. The molecule has 3 aromatic rings. The van der Waals surface area contributed by atoms with Crippen LogP contribution in [0.25, 0.3) is 0 Å². The molecule has 6 nitrogen and oxygen atoms in total. The fraction of sp³-hybridized carbons (Fsp3) is 0.250. The largest absolute Gasteiger partial charge is 0.469 e. The SMILES string of the molecule is CC(CCc1ccco1)NC(=O)c1ccc(=O)n(Cc2ccccc2)n1. The molecule has 1 N–H and O–H groups in total. The van der Waals surface area contributed by atoms with Gasteiger partial charge in [0.05, 0.1) is 12.8 Å². The number of hydrogen-bond donors (Lipinski definition) is 1. The van der Waals surface area contributed by atoms with E-state index in [4.69, 9.17) is 4.42 Å². The molecule has 0 saturated carbocycles. The van der Waals surface area contributed by atoms with E-state index in [1.807, 2.05) is 49.4 Å². The van der Waals surface area contributed by atoms with Gasteiger partial charge in [-0.2, -0.15) is 5.10 Å². The van der Waals surface area contributed by atoms with Gasteiger partial charge < -0.3 is 9.73 Å².